The van der Waals surface area contributed by atoms with Gasteiger partial charge in [0.05, 0.1) is 29.5 Å². The van der Waals surface area contributed by atoms with E-state index in [1.807, 2.05) is 19.2 Å². The van der Waals surface area contributed by atoms with E-state index in [4.69, 9.17) is 14.7 Å². The van der Waals surface area contributed by atoms with Crippen molar-refractivity contribution in [2.45, 2.75) is 102 Å². The number of hydrogen-bond acceptors (Lipinski definition) is 8. The minimum atomic E-state index is -4.10. The summed E-state index contributed by atoms with van der Waals surface area (Å²) in [6.07, 6.45) is 16.7. The van der Waals surface area contributed by atoms with Crippen molar-refractivity contribution in [3.8, 4) is 11.4 Å². The lowest BCUT2D eigenvalue weighted by Crippen LogP contribution is -2.51. The van der Waals surface area contributed by atoms with Crippen molar-refractivity contribution >= 4 is 43.9 Å². The minimum absolute atomic E-state index is 0.0824. The third-order valence-electron chi connectivity index (χ3n) is 11.0. The first kappa shape index (κ1) is 35.1. The maximum absolute atomic E-state index is 14.8. The third kappa shape index (κ3) is 6.86. The van der Waals surface area contributed by atoms with Gasteiger partial charge in [-0.1, -0.05) is 63.1 Å². The zero-order chi connectivity index (χ0) is 35.7. The molecule has 2 atom stereocenters. The maximum atomic E-state index is 14.8. The Bertz CT molecular complexity index is 2140. The Kier molecular flexibility index (Phi) is 10.1. The Morgan fingerprint density at radius 1 is 0.941 bits per heavy atom. The molecule has 51 heavy (non-hydrogen) atoms. The number of nitrogens with one attached hydrogen (secondary N) is 1. The molecule has 2 bridgehead atoms. The van der Waals surface area contributed by atoms with Crippen molar-refractivity contribution in [1.29, 1.82) is 0 Å². The molecule has 1 aromatic carbocycles. The summed E-state index contributed by atoms with van der Waals surface area (Å²) >= 11 is 0. The number of hydrogen-bond donors (Lipinski definition) is 1. The quantitative estimate of drug-likeness (QED) is 0.0902. The van der Waals surface area contributed by atoms with Gasteiger partial charge in [0.1, 0.15) is 17.3 Å². The Labute approximate surface area is 298 Å². The number of unbranched alkanes of at least 4 members (excludes halogenated alkanes) is 6. The van der Waals surface area contributed by atoms with E-state index in [0.717, 1.165) is 66.2 Å². The zero-order valence-electron chi connectivity index (χ0n) is 29.6. The first-order valence-corrected chi connectivity index (χ1v) is 19.8. The normalized spacial score (nSPS) is 20.3. The molecular formula is C39H47FN6O4S. The molecule has 8 rings (SSSR count). The first-order valence-electron chi connectivity index (χ1n) is 18.4. The van der Waals surface area contributed by atoms with Gasteiger partial charge in [-0.3, -0.25) is 4.79 Å². The van der Waals surface area contributed by atoms with Crippen LogP contribution in [0.4, 0.5) is 10.2 Å². The van der Waals surface area contributed by atoms with Crippen LogP contribution in [0.1, 0.15) is 83.1 Å². The molecule has 4 heterocycles. The van der Waals surface area contributed by atoms with Gasteiger partial charge in [0.15, 0.2) is 11.5 Å². The van der Waals surface area contributed by atoms with Gasteiger partial charge in [0.25, 0.3) is 10.0 Å². The highest BCUT2D eigenvalue weighted by Gasteiger charge is 2.48. The number of benzene rings is 1. The maximum Gasteiger partial charge on any atom is 0.311 e. The van der Waals surface area contributed by atoms with Gasteiger partial charge < -0.3 is 14.6 Å². The summed E-state index contributed by atoms with van der Waals surface area (Å²) in [5.74, 6) is 0.206. The number of aromatic nitrogens is 5. The van der Waals surface area contributed by atoms with E-state index in [-0.39, 0.29) is 51.5 Å². The molecule has 3 saturated carbocycles. The summed E-state index contributed by atoms with van der Waals surface area (Å²) in [5, 5.41) is 4.78. The number of methoxy groups -OCH3 is 1. The van der Waals surface area contributed by atoms with Gasteiger partial charge in [0.2, 0.25) is 0 Å². The van der Waals surface area contributed by atoms with E-state index in [1.54, 1.807) is 24.3 Å². The first-order chi connectivity index (χ1) is 24.7. The second-order valence-corrected chi connectivity index (χ2v) is 16.2. The molecular weight excluding hydrogens is 668 g/mol. The zero-order valence-corrected chi connectivity index (χ0v) is 30.5. The number of nitrogens with zero attached hydrogens (tertiary/aromatic N) is 5. The van der Waals surface area contributed by atoms with Crippen molar-refractivity contribution in [2.75, 3.05) is 12.4 Å². The van der Waals surface area contributed by atoms with Gasteiger partial charge in [-0.25, -0.2) is 31.7 Å². The number of pyridine rings is 1. The summed E-state index contributed by atoms with van der Waals surface area (Å²) in [6, 6.07) is 9.69. The van der Waals surface area contributed by atoms with E-state index in [2.05, 4.69) is 21.8 Å². The van der Waals surface area contributed by atoms with Crippen LogP contribution in [0.2, 0.25) is 0 Å². The predicted octanol–water partition coefficient (Wildman–Crippen LogP) is 8.27. The molecule has 3 aliphatic carbocycles. The molecule has 0 amide bonds. The van der Waals surface area contributed by atoms with Crippen LogP contribution in [0.3, 0.4) is 0 Å². The lowest BCUT2D eigenvalue weighted by Gasteiger charge is -2.47. The van der Waals surface area contributed by atoms with Crippen molar-refractivity contribution in [3.63, 3.8) is 0 Å². The molecule has 3 fully saturated rings. The number of carbonyl (C=O) groups excluding carboxylic acids is 1. The highest BCUT2D eigenvalue weighted by atomic mass is 32.2. The monoisotopic (exact) mass is 714 g/mol. The van der Waals surface area contributed by atoms with E-state index in [9.17, 15) is 17.6 Å². The second kappa shape index (κ2) is 14.7. The average molecular weight is 715 g/mol. The molecule has 4 aromatic heterocycles. The Morgan fingerprint density at radius 2 is 1.65 bits per heavy atom. The number of anilines is 1. The number of ether oxygens (including phenoxy) is 1. The van der Waals surface area contributed by atoms with Crippen LogP contribution in [0.25, 0.3) is 33.5 Å². The molecule has 10 nitrogen and oxygen atoms in total. The third-order valence-corrected chi connectivity index (χ3v) is 12.7. The van der Waals surface area contributed by atoms with Gasteiger partial charge >= 0.3 is 5.97 Å². The molecule has 5 aromatic rings. The van der Waals surface area contributed by atoms with Crippen molar-refractivity contribution in [1.82, 2.24) is 23.5 Å². The Balaban J connectivity index is 1.33. The van der Waals surface area contributed by atoms with Crippen LogP contribution in [0.5, 0.6) is 0 Å². The van der Waals surface area contributed by atoms with E-state index >= 15 is 0 Å². The van der Waals surface area contributed by atoms with Crippen molar-refractivity contribution < 1.29 is 22.3 Å². The van der Waals surface area contributed by atoms with E-state index in [0.29, 0.717) is 17.0 Å². The topological polar surface area (TPSA) is 121 Å². The summed E-state index contributed by atoms with van der Waals surface area (Å²) < 4.78 is 51.4. The molecule has 0 aliphatic heterocycles. The Hall–Kier alpha value is -4.32. The summed E-state index contributed by atoms with van der Waals surface area (Å²) in [4.78, 5) is 27.6. The van der Waals surface area contributed by atoms with E-state index < -0.39 is 15.8 Å². The van der Waals surface area contributed by atoms with Gasteiger partial charge in [-0.05, 0) is 75.1 Å². The molecule has 1 N–H and O–H groups in total. The van der Waals surface area contributed by atoms with Crippen LogP contribution in [0, 0.1) is 30.5 Å². The second-order valence-electron chi connectivity index (χ2n) is 14.3. The molecule has 270 valence electrons. The number of halogens is 1. The lowest BCUT2D eigenvalue weighted by atomic mass is 9.61. The SMILES string of the molecule is CCCCCCCCCn1ccc2c(NC3C4CCC(CC4)C3C(=O)OC)nc(-c3cn(S(=O)(=O)c4ccc(C)cc4)c4ncc(F)cc34)nc21. The predicted molar refractivity (Wildman–Crippen MR) is 196 cm³/mol. The van der Waals surface area contributed by atoms with Gasteiger partial charge in [-0.2, -0.15) is 0 Å². The molecule has 3 aliphatic rings. The van der Waals surface area contributed by atoms with Crippen LogP contribution >= 0.6 is 0 Å². The number of aryl methyl sites for hydroxylation is 2. The minimum Gasteiger partial charge on any atom is -0.469 e. The molecule has 2 unspecified atom stereocenters. The van der Waals surface area contributed by atoms with E-state index in [1.165, 1.54) is 51.5 Å². The highest BCUT2D eigenvalue weighted by Crippen LogP contribution is 2.47. The molecule has 12 heteroatoms. The lowest BCUT2D eigenvalue weighted by molar-refractivity contribution is -0.152. The fourth-order valence-corrected chi connectivity index (χ4v) is 9.57. The molecule has 0 spiro atoms. The largest absolute Gasteiger partial charge is 0.469 e. The molecule has 0 radical (unpaired) electrons. The van der Waals surface area contributed by atoms with Crippen LogP contribution in [-0.2, 0) is 26.1 Å². The van der Waals surface area contributed by atoms with Crippen LogP contribution < -0.4 is 5.32 Å². The van der Waals surface area contributed by atoms with Crippen LogP contribution in [0.15, 0.2) is 59.9 Å². The number of rotatable bonds is 14. The summed E-state index contributed by atoms with van der Waals surface area (Å²) in [6.45, 7) is 4.86. The fraction of sp³-hybridized carbons (Fsp3) is 0.487. The average Bonchev–Trinajstić information content (AvgIpc) is 3.73. The van der Waals surface area contributed by atoms with Crippen LogP contribution in [-0.4, -0.2) is 51.0 Å². The van der Waals surface area contributed by atoms with Crippen molar-refractivity contribution in [2.24, 2.45) is 17.8 Å². The highest BCUT2D eigenvalue weighted by molar-refractivity contribution is 7.90. The van der Waals surface area contributed by atoms with Gasteiger partial charge in [0, 0.05) is 35.9 Å². The fourth-order valence-electron chi connectivity index (χ4n) is 8.24. The Morgan fingerprint density at radius 3 is 2.37 bits per heavy atom. The molecule has 0 saturated heterocycles. The number of esters is 1. The van der Waals surface area contributed by atoms with Crippen molar-refractivity contribution in [3.05, 3.63) is 66.4 Å². The standard InChI is InChI=1S/C39H47FN6O4S/c1-4-5-6-7-8-9-10-20-45-21-19-30-35(42-34-27-15-13-26(14-16-27)33(34)39(47)50-3)43-36(44-38(30)45)32-24-46(37-31(32)22-28(40)23-41-37)51(48,49)29-17-11-25(2)12-18-29/h11-12,17-19,21-24,26-27,33-34H,4-10,13-16,20H2,1-3H3,(H,42,43,44). The summed E-state index contributed by atoms with van der Waals surface area (Å²) in [7, 11) is -2.66. The van der Waals surface area contributed by atoms with Gasteiger partial charge in [-0.15, -0.1) is 0 Å². The summed E-state index contributed by atoms with van der Waals surface area (Å²) in [5.41, 5.74) is 2.04. The smallest absolute Gasteiger partial charge is 0.311 e. The number of fused-ring (bicyclic) bond motifs is 5. The number of carbonyl (C=O) groups is 1.